The molecule has 3 atom stereocenters. The largest absolute Gasteiger partial charge is 0.492 e. The number of carbonyl (C=O) groups is 4. The first-order valence-electron chi connectivity index (χ1n) is 19.1. The molecule has 0 aliphatic carbocycles. The molecule has 1 aromatic heterocycles. The SMILES string of the molecule is CCc1cc(N2[C@@H](S)N(c3cnc(C#N)c(C(F)(F)F)c3)C(=O)C2(C)C)ccc1OCCN1CCN(CC(=O)Nc2cc(Cl)cc(NC3CCC(=O)NC3=O)c2)[C@H](C)C1. The van der Waals surface area contributed by atoms with Crippen LogP contribution in [-0.4, -0.2) is 101 Å². The number of nitrogens with zero attached hydrogens (tertiary/aromatic N) is 6. The zero-order valence-corrected chi connectivity index (χ0v) is 34.5. The standard InChI is InChI=1S/C40H45ClF3N9O5S/c1-5-24-14-28(53-38(59)52(37(57)39(53,3)4)29-18-30(40(42,43)44)32(19-45)46-20-29)6-8-33(24)58-13-12-50-10-11-51(23(2)21-50)22-35(55)48-27-16-25(41)15-26(17-27)47-31-7-9-34(54)49-36(31)56/h6,8,14-18,20,23,31,38,47,59H,5,7,9-13,21-22H2,1-4H3,(H,48,55)(H,49,54,56)/t23-,31?,38+/m1/s1. The third-order valence-corrected chi connectivity index (χ3v) is 11.4. The molecular formula is C40H45ClF3N9O5S. The van der Waals surface area contributed by atoms with Crippen molar-refractivity contribution in [2.24, 2.45) is 0 Å². The number of benzene rings is 2. The number of pyridine rings is 1. The van der Waals surface area contributed by atoms with E-state index >= 15 is 0 Å². The zero-order chi connectivity index (χ0) is 42.8. The van der Waals surface area contributed by atoms with Gasteiger partial charge in [0.25, 0.3) is 5.91 Å². The van der Waals surface area contributed by atoms with E-state index in [1.807, 2.05) is 19.1 Å². The van der Waals surface area contributed by atoms with Crippen molar-refractivity contribution in [1.82, 2.24) is 20.1 Å². The minimum atomic E-state index is -4.84. The van der Waals surface area contributed by atoms with E-state index in [2.05, 4.69) is 37.7 Å². The van der Waals surface area contributed by atoms with E-state index in [1.165, 1.54) is 6.07 Å². The second kappa shape index (κ2) is 17.6. The number of nitriles is 1. The molecule has 59 heavy (non-hydrogen) atoms. The molecule has 4 heterocycles. The summed E-state index contributed by atoms with van der Waals surface area (Å²) in [6, 6.07) is 12.2. The van der Waals surface area contributed by atoms with Crippen LogP contribution in [-0.2, 0) is 31.8 Å². The maximum atomic E-state index is 13.8. The lowest BCUT2D eigenvalue weighted by atomic mass is 10.0. The van der Waals surface area contributed by atoms with Gasteiger partial charge in [0.15, 0.2) is 11.2 Å². The Bertz CT molecular complexity index is 2170. The number of alkyl halides is 3. The van der Waals surface area contributed by atoms with Crippen LogP contribution >= 0.6 is 24.2 Å². The molecule has 6 rings (SSSR count). The number of carbonyl (C=O) groups excluding carboxylic acids is 4. The Balaban J connectivity index is 1.02. The highest BCUT2D eigenvalue weighted by molar-refractivity contribution is 7.81. The number of piperidine rings is 1. The first kappa shape index (κ1) is 43.5. The molecule has 4 amide bonds. The predicted molar refractivity (Wildman–Crippen MR) is 219 cm³/mol. The third kappa shape index (κ3) is 9.70. The lowest BCUT2D eigenvalue weighted by molar-refractivity contribution is -0.138. The molecule has 2 aromatic carbocycles. The normalized spacial score (nSPS) is 21.3. The number of anilines is 4. The monoisotopic (exact) mass is 855 g/mol. The van der Waals surface area contributed by atoms with Gasteiger partial charge in [-0.15, -0.1) is 12.6 Å². The van der Waals surface area contributed by atoms with Crippen LogP contribution in [0.4, 0.5) is 35.9 Å². The molecule has 3 aliphatic heterocycles. The van der Waals surface area contributed by atoms with Crippen molar-refractivity contribution in [3.05, 3.63) is 70.5 Å². The summed E-state index contributed by atoms with van der Waals surface area (Å²) < 4.78 is 47.5. The second-order valence-corrected chi connectivity index (χ2v) is 16.1. The van der Waals surface area contributed by atoms with Gasteiger partial charge in [-0.05, 0) is 81.6 Å². The van der Waals surface area contributed by atoms with Crippen LogP contribution in [0.3, 0.4) is 0 Å². The zero-order valence-electron chi connectivity index (χ0n) is 32.9. The summed E-state index contributed by atoms with van der Waals surface area (Å²) >= 11 is 11.0. The molecule has 0 radical (unpaired) electrons. The molecule has 1 unspecified atom stereocenters. The van der Waals surface area contributed by atoms with Gasteiger partial charge < -0.3 is 20.3 Å². The topological polar surface area (TPSA) is 163 Å². The smallest absolute Gasteiger partial charge is 0.419 e. The molecule has 0 spiro atoms. The lowest BCUT2D eigenvalue weighted by Gasteiger charge is -2.39. The molecule has 0 bridgehead atoms. The van der Waals surface area contributed by atoms with Gasteiger partial charge in [0, 0.05) is 60.7 Å². The van der Waals surface area contributed by atoms with E-state index in [1.54, 1.807) is 43.0 Å². The van der Waals surface area contributed by atoms with Gasteiger partial charge in [-0.25, -0.2) is 4.98 Å². The van der Waals surface area contributed by atoms with Crippen molar-refractivity contribution in [2.75, 3.05) is 59.8 Å². The van der Waals surface area contributed by atoms with Crippen molar-refractivity contribution in [3.63, 3.8) is 0 Å². The summed E-state index contributed by atoms with van der Waals surface area (Å²) in [7, 11) is 0. The number of rotatable bonds is 12. The van der Waals surface area contributed by atoms with Gasteiger partial charge in [0.2, 0.25) is 17.7 Å². The average Bonchev–Trinajstić information content (AvgIpc) is 3.34. The van der Waals surface area contributed by atoms with Crippen LogP contribution in [0.1, 0.15) is 57.4 Å². The fraction of sp³-hybridized carbons (Fsp3) is 0.450. The van der Waals surface area contributed by atoms with Crippen LogP contribution in [0.5, 0.6) is 5.75 Å². The van der Waals surface area contributed by atoms with Gasteiger partial charge in [-0.1, -0.05) is 18.5 Å². The summed E-state index contributed by atoms with van der Waals surface area (Å²) in [6.45, 7) is 10.7. The number of hydrogen-bond donors (Lipinski definition) is 4. The Hall–Kier alpha value is -5.09. The van der Waals surface area contributed by atoms with Gasteiger partial charge in [0.05, 0.1) is 24.0 Å². The Morgan fingerprint density at radius 1 is 1.12 bits per heavy atom. The third-order valence-electron chi connectivity index (χ3n) is 10.7. The highest BCUT2D eigenvalue weighted by Crippen LogP contribution is 2.43. The Morgan fingerprint density at radius 3 is 2.54 bits per heavy atom. The molecule has 14 nitrogen and oxygen atoms in total. The average molecular weight is 856 g/mol. The van der Waals surface area contributed by atoms with E-state index in [-0.39, 0.29) is 36.5 Å². The number of aryl methyl sites for hydroxylation is 1. The quantitative estimate of drug-likeness (QED) is 0.139. The van der Waals surface area contributed by atoms with E-state index < -0.39 is 46.3 Å². The fourth-order valence-corrected chi connectivity index (χ4v) is 8.49. The summed E-state index contributed by atoms with van der Waals surface area (Å²) in [6.07, 6.45) is -2.59. The Labute approximate surface area is 350 Å². The van der Waals surface area contributed by atoms with E-state index in [9.17, 15) is 37.6 Å². The van der Waals surface area contributed by atoms with Crippen molar-refractivity contribution < 1.29 is 37.1 Å². The Morgan fingerprint density at radius 2 is 1.86 bits per heavy atom. The number of nitrogens with one attached hydrogen (secondary N) is 3. The maximum Gasteiger partial charge on any atom is 0.419 e. The number of halogens is 4. The lowest BCUT2D eigenvalue weighted by Crippen LogP contribution is -2.54. The van der Waals surface area contributed by atoms with Crippen LogP contribution in [0, 0.1) is 11.3 Å². The van der Waals surface area contributed by atoms with Crippen LogP contribution < -0.4 is 30.5 Å². The summed E-state index contributed by atoms with van der Waals surface area (Å²) in [4.78, 5) is 61.4. The number of imide groups is 1. The fourth-order valence-electron chi connectivity index (χ4n) is 7.59. The van der Waals surface area contributed by atoms with Crippen molar-refractivity contribution in [2.45, 2.75) is 76.3 Å². The maximum absolute atomic E-state index is 13.8. The first-order valence-corrected chi connectivity index (χ1v) is 20.0. The molecule has 3 aromatic rings. The summed E-state index contributed by atoms with van der Waals surface area (Å²) in [5.41, 5.74) is -1.79. The number of hydrogen-bond acceptors (Lipinski definition) is 12. The predicted octanol–water partition coefficient (Wildman–Crippen LogP) is 5.27. The van der Waals surface area contributed by atoms with Gasteiger partial charge in [0.1, 0.15) is 30.0 Å². The number of aromatic nitrogens is 1. The van der Waals surface area contributed by atoms with Crippen molar-refractivity contribution >= 4 is 70.6 Å². The Kier molecular flexibility index (Phi) is 13.0. The van der Waals surface area contributed by atoms with Gasteiger partial charge in [-0.3, -0.25) is 39.2 Å². The molecule has 19 heteroatoms. The van der Waals surface area contributed by atoms with E-state index in [4.69, 9.17) is 29.0 Å². The van der Waals surface area contributed by atoms with Crippen LogP contribution in [0.15, 0.2) is 48.7 Å². The summed E-state index contributed by atoms with van der Waals surface area (Å²) in [5.74, 6) is -0.747. The highest BCUT2D eigenvalue weighted by Gasteiger charge is 2.52. The van der Waals surface area contributed by atoms with Crippen molar-refractivity contribution in [3.8, 4) is 11.8 Å². The van der Waals surface area contributed by atoms with Crippen LogP contribution in [0.2, 0.25) is 5.02 Å². The minimum absolute atomic E-state index is 0.0736. The van der Waals surface area contributed by atoms with Gasteiger partial charge in [-0.2, -0.15) is 18.4 Å². The first-order chi connectivity index (χ1) is 27.9. The highest BCUT2D eigenvalue weighted by atomic mass is 35.5. The minimum Gasteiger partial charge on any atom is -0.492 e. The molecule has 3 fully saturated rings. The number of ether oxygens (including phenoxy) is 1. The van der Waals surface area contributed by atoms with Gasteiger partial charge >= 0.3 is 6.18 Å². The number of piperazine rings is 1. The molecule has 0 saturated carbocycles. The second-order valence-electron chi connectivity index (χ2n) is 15.2. The number of amides is 4. The van der Waals surface area contributed by atoms with Crippen molar-refractivity contribution in [1.29, 1.82) is 5.26 Å². The molecule has 3 aliphatic rings. The molecule has 3 saturated heterocycles. The number of thiol groups is 1. The van der Waals surface area contributed by atoms with E-state index in [0.29, 0.717) is 66.9 Å². The molecule has 314 valence electrons. The van der Waals surface area contributed by atoms with Crippen LogP contribution in [0.25, 0.3) is 0 Å². The molecule has 3 N–H and O–H groups in total. The van der Waals surface area contributed by atoms with E-state index in [0.717, 1.165) is 29.3 Å². The molecular weight excluding hydrogens is 811 g/mol. The summed E-state index contributed by atoms with van der Waals surface area (Å²) in [5, 5.41) is 17.9.